The van der Waals surface area contributed by atoms with Crippen LogP contribution in [-0.4, -0.2) is 35.2 Å². The van der Waals surface area contributed by atoms with Crippen molar-refractivity contribution in [3.8, 4) is 23.1 Å². The van der Waals surface area contributed by atoms with Crippen LogP contribution in [0.2, 0.25) is 0 Å². The summed E-state index contributed by atoms with van der Waals surface area (Å²) in [5.41, 5.74) is 10.4. The number of nitrogens with two attached hydrogens (primary N) is 1. The molecule has 2 aromatic heterocycles. The van der Waals surface area contributed by atoms with Crippen LogP contribution >= 0.6 is 11.3 Å². The fourth-order valence-electron chi connectivity index (χ4n) is 3.21. The lowest BCUT2D eigenvalue weighted by molar-refractivity contribution is 0.240. The van der Waals surface area contributed by atoms with E-state index < -0.39 is 6.04 Å². The Morgan fingerprint density at radius 1 is 1.13 bits per heavy atom. The van der Waals surface area contributed by atoms with Gasteiger partial charge in [0.15, 0.2) is 0 Å². The number of benzene rings is 1. The summed E-state index contributed by atoms with van der Waals surface area (Å²) < 4.78 is 10.5. The van der Waals surface area contributed by atoms with E-state index in [1.165, 1.54) is 25.6 Å². The molecule has 9 nitrogen and oxygen atoms in total. The van der Waals surface area contributed by atoms with Gasteiger partial charge < -0.3 is 25.8 Å². The molecule has 30 heavy (non-hydrogen) atoms. The number of carbonyl (C=O) groups excluding carboxylic acids is 1. The van der Waals surface area contributed by atoms with Crippen LogP contribution in [-0.2, 0) is 0 Å². The van der Waals surface area contributed by atoms with Gasteiger partial charge in [-0.3, -0.25) is 0 Å². The number of nitrogen functional groups attached to an aromatic ring is 1. The summed E-state index contributed by atoms with van der Waals surface area (Å²) in [5.74, 6) is 0.315. The van der Waals surface area contributed by atoms with Crippen LogP contribution in [0.15, 0.2) is 41.5 Å². The minimum absolute atomic E-state index is 0.179. The van der Waals surface area contributed by atoms with E-state index in [9.17, 15) is 4.79 Å². The summed E-state index contributed by atoms with van der Waals surface area (Å²) in [6.45, 7) is 1.84. The fraction of sp³-hybridized carbons (Fsp3) is 0.200. The van der Waals surface area contributed by atoms with Crippen LogP contribution in [0, 0.1) is 0 Å². The molecule has 0 saturated heterocycles. The van der Waals surface area contributed by atoms with Crippen molar-refractivity contribution in [1.29, 1.82) is 0 Å². The number of carbonyl (C=O) groups is 1. The maximum atomic E-state index is 12.2. The number of allylic oxidation sites excluding steroid dienone is 1. The van der Waals surface area contributed by atoms with E-state index in [0.717, 1.165) is 21.8 Å². The lowest BCUT2D eigenvalue weighted by Gasteiger charge is -2.28. The molecule has 0 spiro atoms. The smallest absolute Gasteiger partial charge is 0.319 e. The standard InChI is InChI=1S/C20H20N6O3S/c1-10-15(18-24-14(9-30-18)11-4-6-12(21)7-5-11)16(25-19(27)23-10)13-8-22-20(29-3)26-17(13)28-2/h4-9,16H,21H2,1-3H3,(H2,23,25,27). The molecule has 0 aliphatic carbocycles. The number of amides is 2. The lowest BCUT2D eigenvalue weighted by atomic mass is 9.97. The van der Waals surface area contributed by atoms with Crippen LogP contribution in [0.25, 0.3) is 16.8 Å². The third-order valence-electron chi connectivity index (χ3n) is 4.66. The maximum Gasteiger partial charge on any atom is 0.319 e. The average Bonchev–Trinajstić information content (AvgIpc) is 3.22. The minimum Gasteiger partial charge on any atom is -0.481 e. The Kier molecular flexibility index (Phi) is 5.23. The van der Waals surface area contributed by atoms with Crippen LogP contribution in [0.5, 0.6) is 11.9 Å². The molecule has 4 N–H and O–H groups in total. The van der Waals surface area contributed by atoms with Crippen molar-refractivity contribution in [3.05, 3.63) is 52.1 Å². The number of ether oxygens (including phenoxy) is 2. The second-order valence-electron chi connectivity index (χ2n) is 6.55. The zero-order valence-corrected chi connectivity index (χ0v) is 17.4. The van der Waals surface area contributed by atoms with E-state index in [0.29, 0.717) is 22.8 Å². The van der Waals surface area contributed by atoms with Gasteiger partial charge in [-0.2, -0.15) is 4.98 Å². The molecule has 2 amide bonds. The largest absolute Gasteiger partial charge is 0.481 e. The number of anilines is 1. The summed E-state index contributed by atoms with van der Waals surface area (Å²) in [6, 6.07) is 6.84. The van der Waals surface area contributed by atoms with Crippen molar-refractivity contribution >= 4 is 28.6 Å². The van der Waals surface area contributed by atoms with E-state index >= 15 is 0 Å². The van der Waals surface area contributed by atoms with E-state index in [-0.39, 0.29) is 12.0 Å². The summed E-state index contributed by atoms with van der Waals surface area (Å²) in [7, 11) is 2.98. The molecule has 154 valence electrons. The molecule has 3 heterocycles. The second-order valence-corrected chi connectivity index (χ2v) is 7.41. The Hall–Kier alpha value is -3.66. The number of methoxy groups -OCH3 is 2. The predicted octanol–water partition coefficient (Wildman–Crippen LogP) is 2.98. The summed E-state index contributed by atoms with van der Waals surface area (Å²) in [4.78, 5) is 25.4. The number of hydrogen-bond donors (Lipinski definition) is 3. The first kappa shape index (κ1) is 19.6. The van der Waals surface area contributed by atoms with Crippen molar-refractivity contribution in [2.45, 2.75) is 13.0 Å². The van der Waals surface area contributed by atoms with Gasteiger partial charge in [0.25, 0.3) is 0 Å². The number of urea groups is 1. The van der Waals surface area contributed by atoms with Gasteiger partial charge in [0.1, 0.15) is 5.01 Å². The van der Waals surface area contributed by atoms with Crippen molar-refractivity contribution in [2.75, 3.05) is 20.0 Å². The molecule has 0 saturated carbocycles. The molecule has 0 bridgehead atoms. The highest BCUT2D eigenvalue weighted by atomic mass is 32.1. The number of aromatic nitrogens is 3. The number of nitrogens with zero attached hydrogens (tertiary/aromatic N) is 3. The zero-order valence-electron chi connectivity index (χ0n) is 16.6. The maximum absolute atomic E-state index is 12.2. The molecule has 1 unspecified atom stereocenters. The fourth-order valence-corrected chi connectivity index (χ4v) is 4.18. The Balaban J connectivity index is 1.78. The highest BCUT2D eigenvalue weighted by Crippen LogP contribution is 2.39. The Bertz CT molecular complexity index is 1130. The first-order chi connectivity index (χ1) is 14.5. The molecule has 10 heteroatoms. The average molecular weight is 424 g/mol. The zero-order chi connectivity index (χ0) is 21.3. The third-order valence-corrected chi connectivity index (χ3v) is 5.53. The predicted molar refractivity (Wildman–Crippen MR) is 114 cm³/mol. The molecule has 4 rings (SSSR count). The van der Waals surface area contributed by atoms with E-state index in [1.807, 2.05) is 36.6 Å². The van der Waals surface area contributed by atoms with Crippen LogP contribution in [0.3, 0.4) is 0 Å². The SMILES string of the molecule is COc1ncc(C2NC(=O)NC(C)=C2c2nc(-c3ccc(N)cc3)cs2)c(OC)n1. The van der Waals surface area contributed by atoms with Gasteiger partial charge in [0, 0.05) is 34.1 Å². The summed E-state index contributed by atoms with van der Waals surface area (Å²) >= 11 is 1.48. The van der Waals surface area contributed by atoms with Gasteiger partial charge in [0.05, 0.1) is 31.5 Å². The van der Waals surface area contributed by atoms with Crippen molar-refractivity contribution in [1.82, 2.24) is 25.6 Å². The van der Waals surface area contributed by atoms with Crippen LogP contribution in [0.1, 0.15) is 23.5 Å². The minimum atomic E-state index is -0.537. The Morgan fingerprint density at radius 2 is 1.90 bits per heavy atom. The highest BCUT2D eigenvalue weighted by molar-refractivity contribution is 7.11. The van der Waals surface area contributed by atoms with Gasteiger partial charge in [-0.25, -0.2) is 14.8 Å². The topological polar surface area (TPSA) is 124 Å². The van der Waals surface area contributed by atoms with Gasteiger partial charge in [-0.1, -0.05) is 12.1 Å². The number of rotatable bonds is 5. The van der Waals surface area contributed by atoms with E-state index in [2.05, 4.69) is 20.6 Å². The molecule has 1 aromatic carbocycles. The molecule has 3 aromatic rings. The molecular formula is C20H20N6O3S. The summed E-state index contributed by atoms with van der Waals surface area (Å²) in [5, 5.41) is 8.47. The first-order valence-corrected chi connectivity index (χ1v) is 9.93. The second kappa shape index (κ2) is 7.99. The van der Waals surface area contributed by atoms with Crippen LogP contribution in [0.4, 0.5) is 10.5 Å². The number of thiazole rings is 1. The molecular weight excluding hydrogens is 404 g/mol. The van der Waals surface area contributed by atoms with Crippen LogP contribution < -0.4 is 25.8 Å². The number of hydrogen-bond acceptors (Lipinski definition) is 8. The van der Waals surface area contributed by atoms with Gasteiger partial charge in [0.2, 0.25) is 5.88 Å². The Labute approximate surface area is 177 Å². The third kappa shape index (κ3) is 3.64. The Morgan fingerprint density at radius 3 is 2.60 bits per heavy atom. The number of nitrogens with one attached hydrogen (secondary N) is 2. The van der Waals surface area contributed by atoms with E-state index in [1.54, 1.807) is 6.20 Å². The normalized spacial score (nSPS) is 16.1. The molecule has 1 atom stereocenters. The quantitative estimate of drug-likeness (QED) is 0.538. The monoisotopic (exact) mass is 424 g/mol. The van der Waals surface area contributed by atoms with Gasteiger partial charge in [-0.15, -0.1) is 11.3 Å². The van der Waals surface area contributed by atoms with E-state index in [4.69, 9.17) is 20.2 Å². The molecule has 1 aliphatic rings. The summed E-state index contributed by atoms with van der Waals surface area (Å²) in [6.07, 6.45) is 1.59. The van der Waals surface area contributed by atoms with Crippen molar-refractivity contribution in [2.24, 2.45) is 0 Å². The highest BCUT2D eigenvalue weighted by Gasteiger charge is 2.32. The molecule has 1 aliphatic heterocycles. The lowest BCUT2D eigenvalue weighted by Crippen LogP contribution is -2.43. The molecule has 0 fully saturated rings. The van der Waals surface area contributed by atoms with Crippen molar-refractivity contribution in [3.63, 3.8) is 0 Å². The molecule has 0 radical (unpaired) electrons. The van der Waals surface area contributed by atoms with Gasteiger partial charge in [-0.05, 0) is 19.1 Å². The van der Waals surface area contributed by atoms with Crippen molar-refractivity contribution < 1.29 is 14.3 Å². The van der Waals surface area contributed by atoms with Gasteiger partial charge >= 0.3 is 12.0 Å². The first-order valence-electron chi connectivity index (χ1n) is 9.05.